The van der Waals surface area contributed by atoms with E-state index in [2.05, 4.69) is 19.2 Å². The molecule has 0 radical (unpaired) electrons. The summed E-state index contributed by atoms with van der Waals surface area (Å²) in [5.41, 5.74) is 0.145. The van der Waals surface area contributed by atoms with Gasteiger partial charge in [0.25, 0.3) is 0 Å². The molecule has 0 aromatic heterocycles. The number of carbonyl (C=O) groups excluding carboxylic acids is 1. The Morgan fingerprint density at radius 3 is 2.80 bits per heavy atom. The molecular formula is C10H19ClN2O2. The molecule has 2 aliphatic heterocycles. The Morgan fingerprint density at radius 1 is 1.53 bits per heavy atom. The Morgan fingerprint density at radius 2 is 2.27 bits per heavy atom. The van der Waals surface area contributed by atoms with E-state index in [0.717, 1.165) is 25.9 Å². The number of rotatable bonds is 1. The zero-order chi connectivity index (χ0) is 10.2. The van der Waals surface area contributed by atoms with Crippen molar-refractivity contribution in [2.45, 2.75) is 38.3 Å². The van der Waals surface area contributed by atoms with Gasteiger partial charge in [0.2, 0.25) is 0 Å². The van der Waals surface area contributed by atoms with E-state index < -0.39 is 0 Å². The summed E-state index contributed by atoms with van der Waals surface area (Å²) >= 11 is 0. The molecule has 0 bridgehead atoms. The number of nitrogens with one attached hydrogen (secondary N) is 1. The maximum atomic E-state index is 11.4. The van der Waals surface area contributed by atoms with Crippen molar-refractivity contribution >= 4 is 18.5 Å². The fourth-order valence-corrected chi connectivity index (χ4v) is 2.34. The molecule has 5 heteroatoms. The van der Waals surface area contributed by atoms with Gasteiger partial charge in [-0.1, -0.05) is 0 Å². The lowest BCUT2D eigenvalue weighted by Gasteiger charge is -2.39. The molecule has 0 saturated carbocycles. The van der Waals surface area contributed by atoms with Gasteiger partial charge in [0.15, 0.2) is 0 Å². The molecule has 1 atom stereocenters. The maximum Gasteiger partial charge on any atom is 0.410 e. The van der Waals surface area contributed by atoms with Crippen molar-refractivity contribution < 1.29 is 9.53 Å². The number of carbonyl (C=O) groups is 1. The molecule has 0 aliphatic carbocycles. The Bertz CT molecular complexity index is 246. The quantitative estimate of drug-likeness (QED) is 0.746. The molecule has 2 fully saturated rings. The zero-order valence-corrected chi connectivity index (χ0v) is 10.1. The van der Waals surface area contributed by atoms with Gasteiger partial charge in [0.05, 0.1) is 6.54 Å². The third-order valence-corrected chi connectivity index (χ3v) is 3.06. The highest BCUT2D eigenvalue weighted by atomic mass is 35.5. The standard InChI is InChI=1S/C10H18N2O2.ClH/c1-10(2)7-8(3-4-11-10)12-5-6-14-9(12)13;/h8,11H,3-7H2,1-2H3;1H. The molecule has 0 spiro atoms. The molecule has 1 N–H and O–H groups in total. The molecule has 2 saturated heterocycles. The second kappa shape index (κ2) is 4.58. The normalized spacial score (nSPS) is 29.6. The van der Waals surface area contributed by atoms with Crippen LogP contribution in [0, 0.1) is 0 Å². The van der Waals surface area contributed by atoms with Gasteiger partial charge in [-0.2, -0.15) is 0 Å². The molecule has 2 aliphatic rings. The lowest BCUT2D eigenvalue weighted by Crippen LogP contribution is -2.53. The Hall–Kier alpha value is -0.480. The first-order chi connectivity index (χ1) is 6.58. The van der Waals surface area contributed by atoms with Crippen LogP contribution in [0.1, 0.15) is 26.7 Å². The molecule has 15 heavy (non-hydrogen) atoms. The van der Waals surface area contributed by atoms with Crippen LogP contribution in [-0.4, -0.2) is 42.3 Å². The van der Waals surface area contributed by atoms with E-state index >= 15 is 0 Å². The van der Waals surface area contributed by atoms with Crippen molar-refractivity contribution in [3.05, 3.63) is 0 Å². The smallest absolute Gasteiger partial charge is 0.410 e. The van der Waals surface area contributed by atoms with E-state index in [1.807, 2.05) is 4.90 Å². The van der Waals surface area contributed by atoms with Gasteiger partial charge in [-0.25, -0.2) is 4.79 Å². The average molecular weight is 235 g/mol. The molecule has 1 unspecified atom stereocenters. The molecule has 0 aromatic carbocycles. The van der Waals surface area contributed by atoms with Crippen molar-refractivity contribution in [3.63, 3.8) is 0 Å². The van der Waals surface area contributed by atoms with Gasteiger partial charge >= 0.3 is 6.09 Å². The Balaban J connectivity index is 0.00000112. The molecular weight excluding hydrogens is 216 g/mol. The van der Waals surface area contributed by atoms with Crippen LogP contribution in [0.25, 0.3) is 0 Å². The second-order valence-corrected chi connectivity index (χ2v) is 4.77. The predicted octanol–water partition coefficient (Wildman–Crippen LogP) is 1.39. The van der Waals surface area contributed by atoms with Crippen molar-refractivity contribution in [3.8, 4) is 0 Å². The van der Waals surface area contributed by atoms with E-state index in [-0.39, 0.29) is 24.0 Å². The molecule has 0 aromatic rings. The second-order valence-electron chi connectivity index (χ2n) is 4.77. The number of nitrogens with zero attached hydrogens (tertiary/aromatic N) is 1. The van der Waals surface area contributed by atoms with Crippen molar-refractivity contribution in [2.75, 3.05) is 19.7 Å². The van der Waals surface area contributed by atoms with Crippen molar-refractivity contribution in [2.24, 2.45) is 0 Å². The molecule has 1 amide bonds. The number of halogens is 1. The minimum atomic E-state index is -0.132. The first kappa shape index (κ1) is 12.6. The highest BCUT2D eigenvalue weighted by Gasteiger charge is 2.35. The minimum absolute atomic E-state index is 0. The van der Waals surface area contributed by atoms with Gasteiger partial charge < -0.3 is 15.0 Å². The van der Waals surface area contributed by atoms with Crippen LogP contribution in [0.15, 0.2) is 0 Å². The first-order valence-corrected chi connectivity index (χ1v) is 5.27. The van der Waals surface area contributed by atoms with E-state index in [1.165, 1.54) is 0 Å². The highest BCUT2D eigenvalue weighted by molar-refractivity contribution is 5.85. The molecule has 4 nitrogen and oxygen atoms in total. The highest BCUT2D eigenvalue weighted by Crippen LogP contribution is 2.24. The summed E-state index contributed by atoms with van der Waals surface area (Å²) in [6.07, 6.45) is 1.92. The summed E-state index contributed by atoms with van der Waals surface area (Å²) in [6, 6.07) is 0.362. The van der Waals surface area contributed by atoms with Crippen LogP contribution in [0.3, 0.4) is 0 Å². The third kappa shape index (κ3) is 2.75. The monoisotopic (exact) mass is 234 g/mol. The van der Waals surface area contributed by atoms with E-state index in [1.54, 1.807) is 0 Å². The van der Waals surface area contributed by atoms with E-state index in [0.29, 0.717) is 12.6 Å². The number of cyclic esters (lactones) is 1. The Labute approximate surface area is 96.7 Å². The summed E-state index contributed by atoms with van der Waals surface area (Å²) < 4.78 is 4.95. The Kier molecular flexibility index (Phi) is 3.84. The summed E-state index contributed by atoms with van der Waals surface area (Å²) in [6.45, 7) is 6.67. The largest absolute Gasteiger partial charge is 0.448 e. The van der Waals surface area contributed by atoms with Crippen LogP contribution in [-0.2, 0) is 4.74 Å². The predicted molar refractivity (Wildman–Crippen MR) is 60.4 cm³/mol. The van der Waals surface area contributed by atoms with Gasteiger partial charge in [0, 0.05) is 11.6 Å². The van der Waals surface area contributed by atoms with Crippen molar-refractivity contribution in [1.82, 2.24) is 10.2 Å². The maximum absolute atomic E-state index is 11.4. The van der Waals surface area contributed by atoms with Crippen LogP contribution in [0.2, 0.25) is 0 Å². The number of ether oxygens (including phenoxy) is 1. The molecule has 88 valence electrons. The van der Waals surface area contributed by atoms with E-state index in [9.17, 15) is 4.79 Å². The molecule has 2 rings (SSSR count). The first-order valence-electron chi connectivity index (χ1n) is 5.27. The average Bonchev–Trinajstić information content (AvgIpc) is 2.49. The summed E-state index contributed by atoms with van der Waals surface area (Å²) in [5, 5.41) is 3.45. The van der Waals surface area contributed by atoms with Crippen molar-refractivity contribution in [1.29, 1.82) is 0 Å². The zero-order valence-electron chi connectivity index (χ0n) is 9.28. The number of hydrogen-bond donors (Lipinski definition) is 1. The van der Waals surface area contributed by atoms with E-state index in [4.69, 9.17) is 4.74 Å². The fourth-order valence-electron chi connectivity index (χ4n) is 2.34. The number of piperidine rings is 1. The van der Waals surface area contributed by atoms with Gasteiger partial charge in [-0.05, 0) is 33.2 Å². The lowest BCUT2D eigenvalue weighted by molar-refractivity contribution is 0.125. The van der Waals surface area contributed by atoms with Crippen LogP contribution < -0.4 is 5.32 Å². The minimum Gasteiger partial charge on any atom is -0.448 e. The van der Waals surface area contributed by atoms with Gasteiger partial charge in [-0.3, -0.25) is 0 Å². The molecule has 2 heterocycles. The number of hydrogen-bond acceptors (Lipinski definition) is 3. The third-order valence-electron chi connectivity index (χ3n) is 3.06. The van der Waals surface area contributed by atoms with Crippen LogP contribution in [0.4, 0.5) is 4.79 Å². The summed E-state index contributed by atoms with van der Waals surface area (Å²) in [5.74, 6) is 0. The fraction of sp³-hybridized carbons (Fsp3) is 0.900. The summed E-state index contributed by atoms with van der Waals surface area (Å²) in [7, 11) is 0. The SMILES string of the molecule is CC1(C)CC(N2CCOC2=O)CCN1.Cl. The van der Waals surface area contributed by atoms with Gasteiger partial charge in [-0.15, -0.1) is 12.4 Å². The summed E-state index contributed by atoms with van der Waals surface area (Å²) in [4.78, 5) is 13.2. The number of amides is 1. The van der Waals surface area contributed by atoms with Gasteiger partial charge in [0.1, 0.15) is 6.61 Å². The topological polar surface area (TPSA) is 41.6 Å². The van der Waals surface area contributed by atoms with Crippen LogP contribution in [0.5, 0.6) is 0 Å². The van der Waals surface area contributed by atoms with Crippen LogP contribution >= 0.6 is 12.4 Å². The lowest BCUT2D eigenvalue weighted by atomic mass is 9.88.